The summed E-state index contributed by atoms with van der Waals surface area (Å²) in [7, 11) is 3.96. The molecule has 258 valence electrons. The van der Waals surface area contributed by atoms with Crippen LogP contribution in [-0.2, 0) is 9.57 Å². The first kappa shape index (κ1) is 35.4. The summed E-state index contributed by atoms with van der Waals surface area (Å²) in [6.45, 7) is 7.04. The van der Waals surface area contributed by atoms with E-state index in [1.165, 1.54) is 4.90 Å². The number of amides is 2. The molecule has 49 heavy (non-hydrogen) atoms. The van der Waals surface area contributed by atoms with Gasteiger partial charge in [-0.25, -0.2) is 15.1 Å². The van der Waals surface area contributed by atoms with E-state index in [-0.39, 0.29) is 19.1 Å². The smallest absolute Gasteiger partial charge is 0.408 e. The van der Waals surface area contributed by atoms with E-state index in [1.807, 2.05) is 104 Å². The third-order valence-electron chi connectivity index (χ3n) is 8.60. The average Bonchev–Trinajstić information content (AvgIpc) is 3.09. The minimum Gasteiger partial charge on any atom is -0.489 e. The van der Waals surface area contributed by atoms with Crippen molar-refractivity contribution < 1.29 is 29.0 Å². The fourth-order valence-electron chi connectivity index (χ4n) is 6.16. The Labute approximate surface area is 289 Å². The van der Waals surface area contributed by atoms with E-state index >= 15 is 0 Å². The van der Waals surface area contributed by atoms with Gasteiger partial charge in [-0.15, -0.1) is 0 Å². The molecule has 1 aliphatic rings. The molecule has 1 heterocycles. The lowest BCUT2D eigenvalue weighted by molar-refractivity contribution is -0.186. The number of carbonyl (C=O) groups excluding carboxylic acids is 1. The number of ether oxygens (including phenoxy) is 2. The number of hydroxylamine groups is 1. The Balaban J connectivity index is 1.43. The molecule has 5 rings (SSSR count). The predicted octanol–water partition coefficient (Wildman–Crippen LogP) is 8.32. The van der Waals surface area contributed by atoms with Gasteiger partial charge >= 0.3 is 6.09 Å². The third-order valence-corrected chi connectivity index (χ3v) is 8.60. The molecule has 1 fully saturated rings. The van der Waals surface area contributed by atoms with E-state index in [2.05, 4.69) is 26.3 Å². The molecular formula is C40H47N3O6. The van der Waals surface area contributed by atoms with Crippen molar-refractivity contribution in [2.75, 3.05) is 38.8 Å². The number of nitrogens with zero attached hydrogens (tertiary/aromatic N) is 2. The number of fused-ring (bicyclic) bond motifs is 1. The second kappa shape index (κ2) is 16.0. The van der Waals surface area contributed by atoms with Crippen LogP contribution >= 0.6 is 0 Å². The fourth-order valence-corrected chi connectivity index (χ4v) is 6.16. The molecule has 9 nitrogen and oxygen atoms in total. The number of anilines is 1. The molecule has 4 aromatic carbocycles. The number of benzene rings is 4. The van der Waals surface area contributed by atoms with Crippen molar-refractivity contribution in [3.05, 3.63) is 113 Å². The van der Waals surface area contributed by atoms with Crippen molar-refractivity contribution in [2.45, 2.75) is 52.4 Å². The number of nitrogens with one attached hydrogen (secondary N) is 1. The van der Waals surface area contributed by atoms with Crippen molar-refractivity contribution >= 4 is 34.5 Å². The maximum absolute atomic E-state index is 13.1. The summed E-state index contributed by atoms with van der Waals surface area (Å²) >= 11 is 0. The van der Waals surface area contributed by atoms with E-state index in [0.29, 0.717) is 17.9 Å². The molecule has 1 aliphatic heterocycles. The van der Waals surface area contributed by atoms with E-state index in [1.54, 1.807) is 12.1 Å². The Morgan fingerprint density at radius 1 is 0.959 bits per heavy atom. The number of hydrogen-bond acceptors (Lipinski definition) is 6. The van der Waals surface area contributed by atoms with E-state index in [0.717, 1.165) is 52.4 Å². The van der Waals surface area contributed by atoms with Crippen molar-refractivity contribution in [1.82, 2.24) is 10.4 Å². The van der Waals surface area contributed by atoms with Gasteiger partial charge < -0.3 is 19.5 Å². The quantitative estimate of drug-likeness (QED) is 0.147. The van der Waals surface area contributed by atoms with Crippen LogP contribution in [0, 0.1) is 5.41 Å². The molecule has 4 aromatic rings. The molecule has 2 amide bonds. The molecule has 0 spiro atoms. The van der Waals surface area contributed by atoms with Gasteiger partial charge in [-0.05, 0) is 70.7 Å². The van der Waals surface area contributed by atoms with E-state index in [9.17, 15) is 14.7 Å². The van der Waals surface area contributed by atoms with Crippen LogP contribution in [0.5, 0.6) is 5.75 Å². The molecular weight excluding hydrogens is 618 g/mol. The number of rotatable bonds is 12. The molecule has 0 aliphatic carbocycles. The van der Waals surface area contributed by atoms with Gasteiger partial charge in [0.2, 0.25) is 0 Å². The Morgan fingerprint density at radius 2 is 1.67 bits per heavy atom. The number of carbonyl (C=O) groups is 2. The van der Waals surface area contributed by atoms with Gasteiger partial charge in [0.1, 0.15) is 12.4 Å². The molecule has 9 heteroatoms. The highest BCUT2D eigenvalue weighted by atomic mass is 16.8. The SMILES string of the molecule is CN(C)c1ccc(C(N(CC(=Cc2ccc(C(=O)NOC3CCCCO3)cc2)COc2cccc3ccccc23)C(=O)O)C(C)(C)C)cc1. The molecule has 0 bridgehead atoms. The minimum absolute atomic E-state index is 0.106. The van der Waals surface area contributed by atoms with Crippen LogP contribution in [0.3, 0.4) is 0 Å². The van der Waals surface area contributed by atoms with Crippen LogP contribution in [0.25, 0.3) is 16.8 Å². The molecule has 0 aromatic heterocycles. The van der Waals surface area contributed by atoms with Crippen molar-refractivity contribution in [3.63, 3.8) is 0 Å². The summed E-state index contributed by atoms with van der Waals surface area (Å²) in [5.41, 5.74) is 6.02. The zero-order valence-corrected chi connectivity index (χ0v) is 29.0. The molecule has 2 atom stereocenters. The minimum atomic E-state index is -1.03. The third kappa shape index (κ3) is 9.40. The summed E-state index contributed by atoms with van der Waals surface area (Å²) in [6.07, 6.45) is 3.18. The van der Waals surface area contributed by atoms with Crippen molar-refractivity contribution in [1.29, 1.82) is 0 Å². The average molecular weight is 666 g/mol. The highest BCUT2D eigenvalue weighted by Crippen LogP contribution is 2.39. The van der Waals surface area contributed by atoms with E-state index in [4.69, 9.17) is 14.3 Å². The second-order valence-electron chi connectivity index (χ2n) is 13.7. The normalized spacial score (nSPS) is 15.8. The monoisotopic (exact) mass is 665 g/mol. The van der Waals surface area contributed by atoms with Crippen LogP contribution in [0.1, 0.15) is 67.6 Å². The largest absolute Gasteiger partial charge is 0.489 e. The summed E-state index contributed by atoms with van der Waals surface area (Å²) in [5.74, 6) is 0.348. The van der Waals surface area contributed by atoms with Crippen LogP contribution in [0.15, 0.2) is 96.6 Å². The van der Waals surface area contributed by atoms with Gasteiger partial charge in [-0.3, -0.25) is 9.69 Å². The fraction of sp³-hybridized carbons (Fsp3) is 0.350. The van der Waals surface area contributed by atoms with Crippen molar-refractivity contribution in [3.8, 4) is 5.75 Å². The highest BCUT2D eigenvalue weighted by molar-refractivity contribution is 5.93. The Kier molecular flexibility index (Phi) is 11.6. The van der Waals surface area contributed by atoms with Crippen molar-refractivity contribution in [2.24, 2.45) is 5.41 Å². The van der Waals surface area contributed by atoms with Crippen LogP contribution in [0.4, 0.5) is 10.5 Å². The Hall–Kier alpha value is -4.86. The Bertz CT molecular complexity index is 1730. The summed E-state index contributed by atoms with van der Waals surface area (Å²) in [5, 5.41) is 12.7. The van der Waals surface area contributed by atoms with Gasteiger partial charge in [-0.2, -0.15) is 0 Å². The summed E-state index contributed by atoms with van der Waals surface area (Å²) in [6, 6.07) is 28.6. The second-order valence-corrected chi connectivity index (χ2v) is 13.7. The first-order valence-electron chi connectivity index (χ1n) is 16.7. The first-order valence-corrected chi connectivity index (χ1v) is 16.7. The lowest BCUT2D eigenvalue weighted by Gasteiger charge is -2.39. The topological polar surface area (TPSA) is 101 Å². The molecule has 2 unspecified atom stereocenters. The lowest BCUT2D eigenvalue weighted by Crippen LogP contribution is -2.42. The highest BCUT2D eigenvalue weighted by Gasteiger charge is 2.35. The zero-order valence-electron chi connectivity index (χ0n) is 29.0. The van der Waals surface area contributed by atoms with Gasteiger partial charge in [0.15, 0.2) is 6.29 Å². The maximum atomic E-state index is 13.1. The lowest BCUT2D eigenvalue weighted by atomic mass is 9.81. The number of hydrogen-bond donors (Lipinski definition) is 2. The summed E-state index contributed by atoms with van der Waals surface area (Å²) in [4.78, 5) is 34.8. The Morgan fingerprint density at radius 3 is 2.33 bits per heavy atom. The maximum Gasteiger partial charge on any atom is 0.408 e. The molecule has 2 N–H and O–H groups in total. The van der Waals surface area contributed by atoms with Crippen LogP contribution in [-0.4, -0.2) is 62.2 Å². The summed E-state index contributed by atoms with van der Waals surface area (Å²) < 4.78 is 11.9. The van der Waals surface area contributed by atoms with Crippen LogP contribution in [0.2, 0.25) is 0 Å². The van der Waals surface area contributed by atoms with E-state index < -0.39 is 23.8 Å². The molecule has 0 saturated carbocycles. The van der Waals surface area contributed by atoms with Gasteiger partial charge in [0.25, 0.3) is 5.91 Å². The van der Waals surface area contributed by atoms with Gasteiger partial charge in [-0.1, -0.05) is 87.5 Å². The predicted molar refractivity (Wildman–Crippen MR) is 194 cm³/mol. The number of carboxylic acid groups (broad SMARTS) is 1. The van der Waals surface area contributed by atoms with Gasteiger partial charge in [0, 0.05) is 50.3 Å². The zero-order chi connectivity index (χ0) is 35.0. The molecule has 1 saturated heterocycles. The first-order chi connectivity index (χ1) is 23.5. The van der Waals surface area contributed by atoms with Gasteiger partial charge in [0.05, 0.1) is 6.04 Å². The molecule has 0 radical (unpaired) electrons. The van der Waals surface area contributed by atoms with Crippen LogP contribution < -0.4 is 15.1 Å². The standard InChI is InChI=1S/C40H47N3O6/c1-40(2,3)37(31-20-22-33(23-21-31)42(4)5)43(39(45)46)26-29(27-48-35-14-10-12-30-11-6-7-13-34(30)35)25-28-16-18-32(19-17-28)38(44)41-49-36-15-8-9-24-47-36/h6-7,10-14,16-23,25,36-37H,8-9,15,24,26-27H2,1-5H3,(H,41,44)(H,45,46).